The van der Waals surface area contributed by atoms with Crippen LogP contribution in [-0.2, 0) is 11.3 Å². The molecule has 1 aromatic carbocycles. The van der Waals surface area contributed by atoms with E-state index in [1.165, 1.54) is 12.1 Å². The molecule has 0 saturated carbocycles. The van der Waals surface area contributed by atoms with Crippen LogP contribution in [0.3, 0.4) is 0 Å². The minimum atomic E-state index is -0.430. The van der Waals surface area contributed by atoms with E-state index in [-0.39, 0.29) is 41.8 Å². The number of benzene rings is 1. The molecule has 33 heavy (non-hydrogen) atoms. The third-order valence-corrected chi connectivity index (χ3v) is 7.04. The van der Waals surface area contributed by atoms with E-state index in [1.54, 1.807) is 22.8 Å². The minimum Gasteiger partial charge on any atom is -0.396 e. The highest BCUT2D eigenvalue weighted by Crippen LogP contribution is 2.49. The maximum Gasteiger partial charge on any atom is 0.258 e. The van der Waals surface area contributed by atoms with Crippen LogP contribution in [0.1, 0.15) is 25.1 Å². The summed E-state index contributed by atoms with van der Waals surface area (Å²) < 4.78 is 15.5. The molecule has 4 atom stereocenters. The first-order chi connectivity index (χ1) is 15.9. The van der Waals surface area contributed by atoms with Gasteiger partial charge in [-0.25, -0.2) is 4.39 Å². The minimum absolute atomic E-state index is 0.0389. The lowest BCUT2D eigenvalue weighted by Gasteiger charge is -2.29. The van der Waals surface area contributed by atoms with Gasteiger partial charge in [0.1, 0.15) is 5.82 Å². The summed E-state index contributed by atoms with van der Waals surface area (Å²) >= 11 is 0. The number of pyridine rings is 1. The molecule has 1 aromatic heterocycles. The molecule has 0 bridgehead atoms. The second-order valence-electron chi connectivity index (χ2n) is 9.28. The Kier molecular flexibility index (Phi) is 6.97. The standard InChI is InChI=1S/C25H33FN4O3/c1-4-29-22-19(20(15-31)23(29)24(32)27-11-6-12-28(2)3)14-30-21(22)10-9-18(25(30)33)16-7-5-8-17(26)13-16/h5,7-10,13,19-20,22-23,31H,4,6,11-12,14-15H2,1-3H3,(H,27,32)/t19-,20-,22+,23-/m1/s1. The molecule has 0 spiro atoms. The zero-order valence-corrected chi connectivity index (χ0v) is 19.5. The number of halogens is 1. The van der Waals surface area contributed by atoms with Gasteiger partial charge >= 0.3 is 0 Å². The maximum absolute atomic E-state index is 13.7. The highest BCUT2D eigenvalue weighted by molar-refractivity contribution is 5.82. The van der Waals surface area contributed by atoms with Crippen LogP contribution in [0.4, 0.5) is 4.39 Å². The zero-order chi connectivity index (χ0) is 23.7. The van der Waals surface area contributed by atoms with E-state index in [2.05, 4.69) is 15.1 Å². The summed E-state index contributed by atoms with van der Waals surface area (Å²) in [5, 5.41) is 13.3. The number of rotatable bonds is 8. The van der Waals surface area contributed by atoms with Gasteiger partial charge in [0, 0.05) is 42.8 Å². The van der Waals surface area contributed by atoms with Crippen LogP contribution in [0, 0.1) is 17.7 Å². The van der Waals surface area contributed by atoms with Gasteiger partial charge in [-0.2, -0.15) is 0 Å². The number of aliphatic hydroxyl groups is 1. The average molecular weight is 457 g/mol. The lowest BCUT2D eigenvalue weighted by atomic mass is 9.88. The Balaban J connectivity index is 1.61. The van der Waals surface area contributed by atoms with E-state index < -0.39 is 6.04 Å². The Morgan fingerprint density at radius 3 is 2.73 bits per heavy atom. The topological polar surface area (TPSA) is 77.8 Å². The van der Waals surface area contributed by atoms with Crippen LogP contribution < -0.4 is 10.9 Å². The molecule has 2 aromatic rings. The number of nitrogens with zero attached hydrogens (tertiary/aromatic N) is 3. The van der Waals surface area contributed by atoms with Crippen LogP contribution in [-0.4, -0.2) is 71.8 Å². The summed E-state index contributed by atoms with van der Waals surface area (Å²) in [5.41, 5.74) is 1.70. The highest BCUT2D eigenvalue weighted by atomic mass is 19.1. The number of hydrogen-bond acceptors (Lipinski definition) is 5. The van der Waals surface area contributed by atoms with Crippen LogP contribution in [0.5, 0.6) is 0 Å². The van der Waals surface area contributed by atoms with Gasteiger partial charge in [0.05, 0.1) is 12.1 Å². The van der Waals surface area contributed by atoms with Gasteiger partial charge in [0.25, 0.3) is 5.56 Å². The lowest BCUT2D eigenvalue weighted by Crippen LogP contribution is -2.48. The third-order valence-electron chi connectivity index (χ3n) is 7.04. The number of amides is 1. The second kappa shape index (κ2) is 9.75. The molecule has 2 aliphatic rings. The summed E-state index contributed by atoms with van der Waals surface area (Å²) in [4.78, 5) is 30.6. The molecule has 4 rings (SSSR count). The van der Waals surface area contributed by atoms with Crippen molar-refractivity contribution in [2.45, 2.75) is 32.0 Å². The van der Waals surface area contributed by atoms with Gasteiger partial charge in [0.15, 0.2) is 0 Å². The van der Waals surface area contributed by atoms with Crippen LogP contribution in [0.15, 0.2) is 41.2 Å². The van der Waals surface area contributed by atoms with Crippen molar-refractivity contribution in [2.75, 3.05) is 40.3 Å². The molecule has 0 aliphatic carbocycles. The number of aromatic nitrogens is 1. The van der Waals surface area contributed by atoms with Gasteiger partial charge < -0.3 is 19.9 Å². The Bertz CT molecular complexity index is 1070. The molecule has 1 saturated heterocycles. The molecule has 1 fully saturated rings. The fourth-order valence-corrected chi connectivity index (χ4v) is 5.57. The number of likely N-dealkylation sites (N-methyl/N-ethyl adjacent to an activating group) is 1. The van der Waals surface area contributed by atoms with Gasteiger partial charge in [0.2, 0.25) is 5.91 Å². The van der Waals surface area contributed by atoms with E-state index in [1.807, 2.05) is 27.1 Å². The first-order valence-electron chi connectivity index (χ1n) is 11.7. The van der Waals surface area contributed by atoms with Crippen LogP contribution in [0.2, 0.25) is 0 Å². The van der Waals surface area contributed by atoms with Crippen molar-refractivity contribution in [3.05, 3.63) is 58.3 Å². The highest BCUT2D eigenvalue weighted by Gasteiger charge is 2.54. The molecule has 1 amide bonds. The van der Waals surface area contributed by atoms with E-state index >= 15 is 0 Å². The molecular formula is C25H33FN4O3. The predicted octanol–water partition coefficient (Wildman–Crippen LogP) is 1.71. The molecule has 0 radical (unpaired) electrons. The van der Waals surface area contributed by atoms with E-state index in [0.717, 1.165) is 18.7 Å². The van der Waals surface area contributed by atoms with E-state index in [0.29, 0.717) is 30.8 Å². The number of nitrogens with one attached hydrogen (secondary N) is 1. The molecule has 8 heteroatoms. The van der Waals surface area contributed by atoms with E-state index in [4.69, 9.17) is 0 Å². The first kappa shape index (κ1) is 23.6. The molecule has 7 nitrogen and oxygen atoms in total. The first-order valence-corrected chi connectivity index (χ1v) is 11.7. The Morgan fingerprint density at radius 1 is 1.27 bits per heavy atom. The molecule has 0 unspecified atom stereocenters. The third kappa shape index (κ3) is 4.35. The van der Waals surface area contributed by atoms with Gasteiger partial charge in [-0.3, -0.25) is 14.5 Å². The van der Waals surface area contributed by atoms with Crippen LogP contribution >= 0.6 is 0 Å². The molecule has 3 heterocycles. The number of likely N-dealkylation sites (tertiary alicyclic amines) is 1. The van der Waals surface area contributed by atoms with Crippen LogP contribution in [0.25, 0.3) is 11.1 Å². The van der Waals surface area contributed by atoms with Gasteiger partial charge in [-0.15, -0.1) is 0 Å². The van der Waals surface area contributed by atoms with Crippen molar-refractivity contribution >= 4 is 5.91 Å². The van der Waals surface area contributed by atoms with Crippen molar-refractivity contribution in [1.82, 2.24) is 19.7 Å². The van der Waals surface area contributed by atoms with Gasteiger partial charge in [-0.1, -0.05) is 19.1 Å². The number of hydrogen-bond donors (Lipinski definition) is 2. The predicted molar refractivity (Wildman–Crippen MR) is 125 cm³/mol. The molecule has 178 valence electrons. The lowest BCUT2D eigenvalue weighted by molar-refractivity contribution is -0.127. The van der Waals surface area contributed by atoms with Crippen molar-refractivity contribution in [2.24, 2.45) is 11.8 Å². The fraction of sp³-hybridized carbons (Fsp3) is 0.520. The van der Waals surface area contributed by atoms with Crippen molar-refractivity contribution in [3.63, 3.8) is 0 Å². The maximum atomic E-state index is 13.7. The van der Waals surface area contributed by atoms with E-state index in [9.17, 15) is 19.1 Å². The summed E-state index contributed by atoms with van der Waals surface area (Å²) in [5.74, 6) is -0.746. The summed E-state index contributed by atoms with van der Waals surface area (Å²) in [6.07, 6.45) is 0.856. The molecule has 2 N–H and O–H groups in total. The summed E-state index contributed by atoms with van der Waals surface area (Å²) in [6.45, 7) is 4.44. The zero-order valence-electron chi connectivity index (χ0n) is 19.5. The Morgan fingerprint density at radius 2 is 2.06 bits per heavy atom. The van der Waals surface area contributed by atoms with Gasteiger partial charge in [-0.05, 0) is 63.4 Å². The SMILES string of the molecule is CCN1[C@@H]2c3ccc(-c4cccc(F)c4)c(=O)n3C[C@@H]2[C@@H](CO)[C@@H]1C(=O)NCCCN(C)C. The smallest absolute Gasteiger partial charge is 0.258 e. The summed E-state index contributed by atoms with van der Waals surface area (Å²) in [6, 6.07) is 9.18. The molecular weight excluding hydrogens is 423 g/mol. The largest absolute Gasteiger partial charge is 0.396 e. The summed E-state index contributed by atoms with van der Waals surface area (Å²) in [7, 11) is 4.00. The van der Waals surface area contributed by atoms with Crippen molar-refractivity contribution in [3.8, 4) is 11.1 Å². The monoisotopic (exact) mass is 456 g/mol. The number of aliphatic hydroxyl groups excluding tert-OH is 1. The normalized spacial score (nSPS) is 24.2. The number of fused-ring (bicyclic) bond motifs is 3. The second-order valence-corrected chi connectivity index (χ2v) is 9.28. The average Bonchev–Trinajstić information content (AvgIpc) is 3.31. The Hall–Kier alpha value is -2.55. The van der Waals surface area contributed by atoms with Crippen molar-refractivity contribution in [1.29, 1.82) is 0 Å². The number of carbonyl (C=O) groups is 1. The number of carbonyl (C=O) groups excluding carboxylic acids is 1. The van der Waals surface area contributed by atoms with Crippen molar-refractivity contribution < 1.29 is 14.3 Å². The fourth-order valence-electron chi connectivity index (χ4n) is 5.57. The Labute approximate surface area is 193 Å². The quantitative estimate of drug-likeness (QED) is 0.592. The molecule has 2 aliphatic heterocycles.